The van der Waals surface area contributed by atoms with Crippen LogP contribution in [0.25, 0.3) is 22.3 Å². The van der Waals surface area contributed by atoms with E-state index in [1.165, 1.54) is 12.4 Å². The number of anilines is 4. The molecule has 0 aliphatic heterocycles. The van der Waals surface area contributed by atoms with E-state index in [0.29, 0.717) is 34.1 Å². The Morgan fingerprint density at radius 3 is 2.63 bits per heavy atom. The topological polar surface area (TPSA) is 130 Å². The van der Waals surface area contributed by atoms with Crippen LogP contribution in [0.3, 0.4) is 0 Å². The average Bonchev–Trinajstić information content (AvgIpc) is 2.90. The first-order valence-electron chi connectivity index (χ1n) is 10.9. The second kappa shape index (κ2) is 9.40. The van der Waals surface area contributed by atoms with E-state index in [4.69, 9.17) is 21.1 Å². The third-order valence-corrected chi connectivity index (χ3v) is 5.41. The first kappa shape index (κ1) is 21.7. The van der Waals surface area contributed by atoms with E-state index in [2.05, 4.69) is 15.6 Å². The number of nitrogens with zero attached hydrogens (tertiary/aromatic N) is 3. The number of nitrogens with two attached hydrogens (primary N) is 1. The van der Waals surface area contributed by atoms with Gasteiger partial charge in [0.1, 0.15) is 5.82 Å². The van der Waals surface area contributed by atoms with Gasteiger partial charge < -0.3 is 21.8 Å². The van der Waals surface area contributed by atoms with Crippen molar-refractivity contribution in [2.75, 3.05) is 16.4 Å². The van der Waals surface area contributed by atoms with Gasteiger partial charge in [0, 0.05) is 52.2 Å². The van der Waals surface area contributed by atoms with Crippen molar-refractivity contribution in [2.45, 2.75) is 0 Å². The van der Waals surface area contributed by atoms with Crippen LogP contribution in [0.5, 0.6) is 0 Å². The first-order valence-corrected chi connectivity index (χ1v) is 10.9. The van der Waals surface area contributed by atoms with E-state index in [1.54, 1.807) is 30.5 Å². The summed E-state index contributed by atoms with van der Waals surface area (Å²) in [6.07, 6.45) is 4.36. The van der Waals surface area contributed by atoms with Crippen LogP contribution >= 0.6 is 0 Å². The smallest absolute Gasteiger partial charge is 0.257 e. The van der Waals surface area contributed by atoms with E-state index in [9.17, 15) is 4.79 Å². The molecule has 5 rings (SSSR count). The number of aromatic nitrogens is 3. The van der Waals surface area contributed by atoms with Crippen molar-refractivity contribution in [1.29, 1.82) is 5.41 Å². The average molecular weight is 460 g/mol. The van der Waals surface area contributed by atoms with Crippen molar-refractivity contribution in [3.63, 3.8) is 0 Å². The molecule has 2 heterocycles. The van der Waals surface area contributed by atoms with Gasteiger partial charge in [-0.15, -0.1) is 0 Å². The Bertz CT molecular complexity index is 1550. The molecule has 0 saturated heterocycles. The molecule has 0 spiro atoms. The minimum absolute atomic E-state index is 0.248. The van der Waals surface area contributed by atoms with E-state index in [1.807, 2.05) is 54.6 Å². The van der Waals surface area contributed by atoms with Gasteiger partial charge in [0.2, 0.25) is 0 Å². The Kier molecular flexibility index (Phi) is 5.83. The zero-order valence-corrected chi connectivity index (χ0v) is 18.6. The number of rotatable bonds is 6. The predicted molar refractivity (Wildman–Crippen MR) is 139 cm³/mol. The van der Waals surface area contributed by atoms with Gasteiger partial charge in [-0.2, -0.15) is 0 Å². The van der Waals surface area contributed by atoms with Gasteiger partial charge in [-0.05, 0) is 54.6 Å². The van der Waals surface area contributed by atoms with Crippen LogP contribution in [-0.2, 0) is 0 Å². The number of para-hydroxylation sites is 1. The normalized spacial score (nSPS) is 10.6. The summed E-state index contributed by atoms with van der Waals surface area (Å²) < 4.78 is 0. The maximum absolute atomic E-state index is 12.6. The molecule has 0 fully saturated rings. The first-order chi connectivity index (χ1) is 17.1. The summed E-state index contributed by atoms with van der Waals surface area (Å²) >= 11 is 0. The molecule has 3 aromatic carbocycles. The lowest BCUT2D eigenvalue weighted by Crippen LogP contribution is -2.12. The Morgan fingerprint density at radius 1 is 0.914 bits per heavy atom. The summed E-state index contributed by atoms with van der Waals surface area (Å²) in [6.45, 7) is 0. The zero-order chi connectivity index (χ0) is 24.2. The Morgan fingerprint density at radius 2 is 1.80 bits per heavy atom. The second-order valence-electron chi connectivity index (χ2n) is 7.80. The lowest BCUT2D eigenvalue weighted by molar-refractivity contribution is 0.102. The number of pyridine rings is 1. The maximum Gasteiger partial charge on any atom is 0.257 e. The minimum atomic E-state index is -0.248. The van der Waals surface area contributed by atoms with Gasteiger partial charge in [-0.3, -0.25) is 9.78 Å². The fourth-order valence-corrected chi connectivity index (χ4v) is 3.65. The molecule has 170 valence electrons. The molecule has 0 aliphatic carbocycles. The largest absolute Gasteiger partial charge is 0.398 e. The van der Waals surface area contributed by atoms with E-state index in [-0.39, 0.29) is 5.91 Å². The number of nitrogens with one attached hydrogen (secondary N) is 3. The van der Waals surface area contributed by atoms with Crippen LogP contribution in [0.4, 0.5) is 22.9 Å². The summed E-state index contributed by atoms with van der Waals surface area (Å²) in [5.74, 6) is 0.880. The van der Waals surface area contributed by atoms with Crippen LogP contribution in [0.15, 0.2) is 91.3 Å². The third kappa shape index (κ3) is 4.67. The molecule has 2 aromatic heterocycles. The number of benzene rings is 3. The highest BCUT2D eigenvalue weighted by molar-refractivity contribution is 6.04. The van der Waals surface area contributed by atoms with E-state index >= 15 is 0 Å². The molecule has 0 bridgehead atoms. The molecule has 1 amide bonds. The third-order valence-electron chi connectivity index (χ3n) is 5.41. The molecule has 5 N–H and O–H groups in total. The molecular weight excluding hydrogens is 438 g/mol. The summed E-state index contributed by atoms with van der Waals surface area (Å²) in [4.78, 5) is 26.1. The van der Waals surface area contributed by atoms with Crippen molar-refractivity contribution in [2.24, 2.45) is 0 Å². The van der Waals surface area contributed by atoms with Crippen LogP contribution in [-0.4, -0.2) is 27.1 Å². The standard InChI is InChI=1S/C27H21N7O/c28-15-19-14-21(10-11-23(19)29)31-26-22-8-1-2-9-24(22)33-25(34-26)17-5-3-7-20(13-17)32-27(35)18-6-4-12-30-16-18/h1-16,28H,29H2,(H,32,35)(H,31,33,34). The summed E-state index contributed by atoms with van der Waals surface area (Å²) in [5.41, 5.74) is 10.4. The van der Waals surface area contributed by atoms with Crippen LogP contribution in [0, 0.1) is 5.41 Å². The SMILES string of the molecule is N=Cc1cc(Nc2nc(-c3cccc(NC(=O)c4cccnc4)c3)nc3ccccc23)ccc1N. The van der Waals surface area contributed by atoms with Gasteiger partial charge in [-0.1, -0.05) is 24.3 Å². The minimum Gasteiger partial charge on any atom is -0.398 e. The molecule has 0 unspecified atom stereocenters. The van der Waals surface area contributed by atoms with Crippen molar-refractivity contribution in [3.8, 4) is 11.4 Å². The van der Waals surface area contributed by atoms with Crippen LogP contribution in [0.1, 0.15) is 15.9 Å². The molecular formula is C27H21N7O. The molecule has 5 aromatic rings. The molecule has 8 nitrogen and oxygen atoms in total. The fourth-order valence-electron chi connectivity index (χ4n) is 3.65. The van der Waals surface area contributed by atoms with Gasteiger partial charge in [-0.25, -0.2) is 9.97 Å². The fraction of sp³-hybridized carbons (Fsp3) is 0. The molecule has 0 aliphatic rings. The number of hydrogen-bond acceptors (Lipinski definition) is 7. The predicted octanol–water partition coefficient (Wildman–Crippen LogP) is 5.27. The lowest BCUT2D eigenvalue weighted by atomic mass is 10.1. The van der Waals surface area contributed by atoms with Crippen LogP contribution in [0.2, 0.25) is 0 Å². The summed E-state index contributed by atoms with van der Waals surface area (Å²) in [7, 11) is 0. The quantitative estimate of drug-likeness (QED) is 0.202. The Labute approximate surface area is 201 Å². The van der Waals surface area contributed by atoms with Crippen molar-refractivity contribution in [3.05, 3.63) is 102 Å². The number of carbonyl (C=O) groups excluding carboxylic acids is 1. The number of hydrogen-bond donors (Lipinski definition) is 4. The summed E-state index contributed by atoms with van der Waals surface area (Å²) in [5, 5.41) is 14.7. The van der Waals surface area contributed by atoms with Gasteiger partial charge in [0.25, 0.3) is 5.91 Å². The summed E-state index contributed by atoms with van der Waals surface area (Å²) in [6, 6.07) is 23.9. The van der Waals surface area contributed by atoms with Gasteiger partial charge >= 0.3 is 0 Å². The highest BCUT2D eigenvalue weighted by Gasteiger charge is 2.12. The highest BCUT2D eigenvalue weighted by atomic mass is 16.1. The number of fused-ring (bicyclic) bond motifs is 1. The molecule has 0 atom stereocenters. The molecule has 8 heteroatoms. The number of amides is 1. The highest BCUT2D eigenvalue weighted by Crippen LogP contribution is 2.29. The number of nitrogen functional groups attached to an aromatic ring is 1. The maximum atomic E-state index is 12.6. The molecule has 35 heavy (non-hydrogen) atoms. The molecule has 0 saturated carbocycles. The number of carbonyl (C=O) groups is 1. The van der Waals surface area contributed by atoms with Crippen molar-refractivity contribution < 1.29 is 4.79 Å². The van der Waals surface area contributed by atoms with E-state index < -0.39 is 0 Å². The molecule has 0 radical (unpaired) electrons. The Hall–Kier alpha value is -5.11. The Balaban J connectivity index is 1.51. The van der Waals surface area contributed by atoms with Gasteiger partial charge in [0.05, 0.1) is 11.1 Å². The van der Waals surface area contributed by atoms with E-state index in [0.717, 1.165) is 22.2 Å². The van der Waals surface area contributed by atoms with Gasteiger partial charge in [0.15, 0.2) is 5.82 Å². The second-order valence-corrected chi connectivity index (χ2v) is 7.80. The monoisotopic (exact) mass is 459 g/mol. The van der Waals surface area contributed by atoms with Crippen LogP contribution < -0.4 is 16.4 Å². The zero-order valence-electron chi connectivity index (χ0n) is 18.6. The lowest BCUT2D eigenvalue weighted by Gasteiger charge is -2.13. The van der Waals surface area contributed by atoms with Crippen molar-refractivity contribution in [1.82, 2.24) is 15.0 Å². The van der Waals surface area contributed by atoms with Crippen molar-refractivity contribution >= 4 is 45.9 Å².